The summed E-state index contributed by atoms with van der Waals surface area (Å²) >= 11 is 0. The van der Waals surface area contributed by atoms with Gasteiger partial charge in [0.25, 0.3) is 0 Å². The minimum Gasteiger partial charge on any atom is -0.385 e. The minimum absolute atomic E-state index is 0.477. The highest BCUT2D eigenvalue weighted by Crippen LogP contribution is 2.43. The Morgan fingerprint density at radius 1 is 1.18 bits per heavy atom. The third-order valence-electron chi connectivity index (χ3n) is 2.70. The van der Waals surface area contributed by atoms with Crippen LogP contribution in [0.15, 0.2) is 0 Å². The highest BCUT2D eigenvalue weighted by molar-refractivity contribution is 4.87. The molecular formula is C9H18O2. The first kappa shape index (κ1) is 9.01. The van der Waals surface area contributed by atoms with Crippen LogP contribution in [0.3, 0.4) is 0 Å². The maximum absolute atomic E-state index is 5.19. The molecule has 1 saturated carbocycles. The smallest absolute Gasteiger partial charge is 0.0519 e. The average Bonchev–Trinajstić information content (AvgIpc) is 1.95. The summed E-state index contributed by atoms with van der Waals surface area (Å²) in [5.74, 6) is 0. The van der Waals surface area contributed by atoms with Gasteiger partial charge in [-0.25, -0.2) is 0 Å². The molecule has 1 fully saturated rings. The van der Waals surface area contributed by atoms with Crippen LogP contribution >= 0.6 is 0 Å². The van der Waals surface area contributed by atoms with E-state index in [0.29, 0.717) is 5.41 Å². The molecule has 2 heteroatoms. The van der Waals surface area contributed by atoms with Crippen molar-refractivity contribution in [1.29, 1.82) is 0 Å². The van der Waals surface area contributed by atoms with Crippen molar-refractivity contribution in [3.63, 3.8) is 0 Å². The van der Waals surface area contributed by atoms with Gasteiger partial charge in [-0.3, -0.25) is 0 Å². The average molecular weight is 158 g/mol. The second-order valence-electron chi connectivity index (χ2n) is 3.53. The van der Waals surface area contributed by atoms with E-state index in [1.54, 1.807) is 14.2 Å². The standard InChI is InChI=1S/C9H18O2/c1-10-7-6-9(8-11-2)4-3-5-9/h3-8H2,1-2H3. The summed E-state index contributed by atoms with van der Waals surface area (Å²) < 4.78 is 10.3. The molecule has 1 aliphatic rings. The van der Waals surface area contributed by atoms with Crippen LogP contribution in [0.1, 0.15) is 25.7 Å². The van der Waals surface area contributed by atoms with Crippen molar-refractivity contribution in [3.8, 4) is 0 Å². The van der Waals surface area contributed by atoms with Gasteiger partial charge in [0.2, 0.25) is 0 Å². The Labute approximate surface area is 68.9 Å². The third-order valence-corrected chi connectivity index (χ3v) is 2.70. The van der Waals surface area contributed by atoms with Gasteiger partial charge in [-0.05, 0) is 24.7 Å². The Morgan fingerprint density at radius 2 is 1.91 bits per heavy atom. The highest BCUT2D eigenvalue weighted by Gasteiger charge is 2.36. The van der Waals surface area contributed by atoms with E-state index >= 15 is 0 Å². The fourth-order valence-electron chi connectivity index (χ4n) is 1.77. The zero-order valence-electron chi connectivity index (χ0n) is 7.56. The van der Waals surface area contributed by atoms with Crippen molar-refractivity contribution in [3.05, 3.63) is 0 Å². The predicted molar refractivity (Wildman–Crippen MR) is 44.7 cm³/mol. The first-order chi connectivity index (χ1) is 5.33. The van der Waals surface area contributed by atoms with Crippen LogP contribution < -0.4 is 0 Å². The van der Waals surface area contributed by atoms with Crippen molar-refractivity contribution in [2.24, 2.45) is 5.41 Å². The Morgan fingerprint density at radius 3 is 2.27 bits per heavy atom. The van der Waals surface area contributed by atoms with E-state index < -0.39 is 0 Å². The van der Waals surface area contributed by atoms with E-state index in [9.17, 15) is 0 Å². The van der Waals surface area contributed by atoms with Crippen LogP contribution in [0.4, 0.5) is 0 Å². The van der Waals surface area contributed by atoms with Crippen LogP contribution in [0.2, 0.25) is 0 Å². The van der Waals surface area contributed by atoms with Crippen LogP contribution in [0, 0.1) is 5.41 Å². The molecule has 0 bridgehead atoms. The fourth-order valence-corrected chi connectivity index (χ4v) is 1.77. The molecule has 0 aromatic heterocycles. The predicted octanol–water partition coefficient (Wildman–Crippen LogP) is 1.84. The monoisotopic (exact) mass is 158 g/mol. The first-order valence-electron chi connectivity index (χ1n) is 4.31. The second kappa shape index (κ2) is 4.07. The van der Waals surface area contributed by atoms with E-state index in [1.807, 2.05) is 0 Å². The van der Waals surface area contributed by atoms with Crippen LogP contribution in [-0.2, 0) is 9.47 Å². The molecule has 0 aromatic rings. The van der Waals surface area contributed by atoms with Crippen molar-refractivity contribution in [1.82, 2.24) is 0 Å². The molecule has 0 spiro atoms. The highest BCUT2D eigenvalue weighted by atomic mass is 16.5. The van der Waals surface area contributed by atoms with Gasteiger partial charge in [-0.2, -0.15) is 0 Å². The Balaban J connectivity index is 2.22. The lowest BCUT2D eigenvalue weighted by molar-refractivity contribution is -0.00715. The molecule has 0 aliphatic heterocycles. The summed E-state index contributed by atoms with van der Waals surface area (Å²) in [4.78, 5) is 0. The molecule has 0 N–H and O–H groups in total. The summed E-state index contributed by atoms with van der Waals surface area (Å²) in [6, 6.07) is 0. The molecule has 2 nitrogen and oxygen atoms in total. The largest absolute Gasteiger partial charge is 0.385 e. The van der Waals surface area contributed by atoms with Gasteiger partial charge in [0.1, 0.15) is 0 Å². The summed E-state index contributed by atoms with van der Waals surface area (Å²) in [5.41, 5.74) is 0.477. The summed E-state index contributed by atoms with van der Waals surface area (Å²) in [6.45, 7) is 1.79. The molecule has 0 radical (unpaired) electrons. The van der Waals surface area contributed by atoms with Gasteiger partial charge in [-0.1, -0.05) is 6.42 Å². The number of methoxy groups -OCH3 is 2. The Kier molecular flexibility index (Phi) is 3.34. The molecule has 0 saturated heterocycles. The van der Waals surface area contributed by atoms with Gasteiger partial charge >= 0.3 is 0 Å². The lowest BCUT2D eigenvalue weighted by Crippen LogP contribution is -2.35. The summed E-state index contributed by atoms with van der Waals surface area (Å²) in [5, 5.41) is 0. The van der Waals surface area contributed by atoms with Crippen LogP contribution in [0.5, 0.6) is 0 Å². The number of ether oxygens (including phenoxy) is 2. The number of hydrogen-bond acceptors (Lipinski definition) is 2. The molecule has 11 heavy (non-hydrogen) atoms. The van der Waals surface area contributed by atoms with Gasteiger partial charge in [0.05, 0.1) is 6.61 Å². The van der Waals surface area contributed by atoms with E-state index in [1.165, 1.54) is 19.3 Å². The normalized spacial score (nSPS) is 21.3. The lowest BCUT2D eigenvalue weighted by Gasteiger charge is -2.41. The summed E-state index contributed by atoms with van der Waals surface area (Å²) in [7, 11) is 3.55. The molecule has 0 aromatic carbocycles. The molecule has 1 aliphatic carbocycles. The first-order valence-corrected chi connectivity index (χ1v) is 4.31. The van der Waals surface area contributed by atoms with Crippen molar-refractivity contribution in [2.45, 2.75) is 25.7 Å². The number of rotatable bonds is 5. The molecule has 66 valence electrons. The van der Waals surface area contributed by atoms with Crippen molar-refractivity contribution >= 4 is 0 Å². The molecule has 0 heterocycles. The van der Waals surface area contributed by atoms with Gasteiger partial charge in [-0.15, -0.1) is 0 Å². The Bertz CT molecular complexity index is 108. The topological polar surface area (TPSA) is 18.5 Å². The van der Waals surface area contributed by atoms with E-state index in [4.69, 9.17) is 9.47 Å². The quantitative estimate of drug-likeness (QED) is 0.608. The molecular weight excluding hydrogens is 140 g/mol. The maximum atomic E-state index is 5.19. The van der Waals surface area contributed by atoms with Crippen LogP contribution in [0.25, 0.3) is 0 Å². The van der Waals surface area contributed by atoms with E-state index in [-0.39, 0.29) is 0 Å². The molecule has 0 unspecified atom stereocenters. The molecule has 1 rings (SSSR count). The zero-order valence-corrected chi connectivity index (χ0v) is 7.56. The SMILES string of the molecule is COCCC1(COC)CCC1. The third kappa shape index (κ3) is 2.17. The number of hydrogen-bond donors (Lipinski definition) is 0. The fraction of sp³-hybridized carbons (Fsp3) is 1.00. The van der Waals surface area contributed by atoms with Gasteiger partial charge < -0.3 is 9.47 Å². The molecule has 0 atom stereocenters. The minimum atomic E-state index is 0.477. The Hall–Kier alpha value is -0.0800. The second-order valence-corrected chi connectivity index (χ2v) is 3.53. The van der Waals surface area contributed by atoms with Gasteiger partial charge in [0, 0.05) is 20.8 Å². The summed E-state index contributed by atoms with van der Waals surface area (Å²) in [6.07, 6.45) is 5.18. The van der Waals surface area contributed by atoms with Crippen molar-refractivity contribution < 1.29 is 9.47 Å². The maximum Gasteiger partial charge on any atom is 0.0519 e. The van der Waals surface area contributed by atoms with Crippen molar-refractivity contribution in [2.75, 3.05) is 27.4 Å². The molecule has 0 amide bonds. The zero-order chi connectivity index (χ0) is 8.16. The van der Waals surface area contributed by atoms with E-state index in [0.717, 1.165) is 19.6 Å². The van der Waals surface area contributed by atoms with Crippen LogP contribution in [-0.4, -0.2) is 27.4 Å². The van der Waals surface area contributed by atoms with E-state index in [2.05, 4.69) is 0 Å². The van der Waals surface area contributed by atoms with Gasteiger partial charge in [0.15, 0.2) is 0 Å². The lowest BCUT2D eigenvalue weighted by atomic mass is 9.67.